The molecular formula is C8H9ClN2O2S. The van der Waals surface area contributed by atoms with E-state index in [4.69, 9.17) is 16.7 Å². The van der Waals surface area contributed by atoms with E-state index in [1.165, 1.54) is 24.2 Å². The van der Waals surface area contributed by atoms with Crippen LogP contribution in [0.15, 0.2) is 17.6 Å². The van der Waals surface area contributed by atoms with Crippen molar-refractivity contribution in [2.75, 3.05) is 5.75 Å². The summed E-state index contributed by atoms with van der Waals surface area (Å²) in [5, 5.41) is 9.65. The zero-order chi connectivity index (χ0) is 10.6. The Labute approximate surface area is 90.7 Å². The molecule has 0 bridgehead atoms. The van der Waals surface area contributed by atoms with Crippen molar-refractivity contribution in [3.05, 3.63) is 17.4 Å². The summed E-state index contributed by atoms with van der Waals surface area (Å²) in [5.74, 6) is -0.762. The highest BCUT2D eigenvalue weighted by molar-refractivity contribution is 7.99. The zero-order valence-corrected chi connectivity index (χ0v) is 9.05. The lowest BCUT2D eigenvalue weighted by molar-refractivity contribution is -0.140. The monoisotopic (exact) mass is 232 g/mol. The molecule has 1 aromatic rings. The topological polar surface area (TPSA) is 63.1 Å². The number of rotatable bonds is 4. The van der Waals surface area contributed by atoms with E-state index < -0.39 is 11.9 Å². The summed E-state index contributed by atoms with van der Waals surface area (Å²) in [6.07, 6.45) is 2.98. The fourth-order valence-corrected chi connectivity index (χ4v) is 1.54. The number of aromatic nitrogens is 2. The maximum atomic E-state index is 10.5. The molecule has 1 heterocycles. The second-order valence-electron chi connectivity index (χ2n) is 2.73. The van der Waals surface area contributed by atoms with Gasteiger partial charge in [-0.2, -0.15) is 0 Å². The van der Waals surface area contributed by atoms with Gasteiger partial charge in [-0.1, -0.05) is 30.3 Å². The molecule has 0 spiro atoms. The lowest BCUT2D eigenvalue weighted by Gasteiger charge is -2.03. The molecule has 1 rings (SSSR count). The quantitative estimate of drug-likeness (QED) is 0.635. The Bertz CT molecular complexity index is 318. The number of aliphatic carboxylic acids is 1. The predicted octanol–water partition coefficient (Wildman–Crippen LogP) is 1.94. The van der Waals surface area contributed by atoms with Gasteiger partial charge in [0, 0.05) is 5.75 Å². The normalized spacial score (nSPS) is 12.4. The second kappa shape index (κ2) is 5.17. The molecule has 4 nitrogen and oxygen atoms in total. The van der Waals surface area contributed by atoms with Crippen LogP contribution in [-0.4, -0.2) is 26.8 Å². The van der Waals surface area contributed by atoms with E-state index in [2.05, 4.69) is 9.97 Å². The van der Waals surface area contributed by atoms with Crippen LogP contribution in [0.4, 0.5) is 0 Å². The van der Waals surface area contributed by atoms with E-state index in [0.717, 1.165) is 0 Å². The average Bonchev–Trinajstić information content (AvgIpc) is 2.16. The molecule has 0 fully saturated rings. The Morgan fingerprint density at radius 2 is 2.21 bits per heavy atom. The highest BCUT2D eigenvalue weighted by Crippen LogP contribution is 2.17. The Morgan fingerprint density at radius 1 is 1.64 bits per heavy atom. The standard InChI is InChI=1S/C8H9ClN2O2S/c1-5(7(12)13)4-14-8-10-2-6(9)3-11-8/h2-3,5H,4H2,1H3,(H,12,13). The maximum absolute atomic E-state index is 10.5. The molecule has 0 amide bonds. The summed E-state index contributed by atoms with van der Waals surface area (Å²) in [7, 11) is 0. The Kier molecular flexibility index (Phi) is 4.16. The van der Waals surface area contributed by atoms with Crippen LogP contribution >= 0.6 is 23.4 Å². The summed E-state index contributed by atoms with van der Waals surface area (Å²) in [6.45, 7) is 1.64. The van der Waals surface area contributed by atoms with Crippen molar-refractivity contribution in [3.8, 4) is 0 Å². The molecule has 0 aromatic carbocycles. The van der Waals surface area contributed by atoms with Gasteiger partial charge < -0.3 is 5.11 Å². The summed E-state index contributed by atoms with van der Waals surface area (Å²) >= 11 is 6.90. The molecule has 1 atom stereocenters. The lowest BCUT2D eigenvalue weighted by atomic mass is 10.2. The van der Waals surface area contributed by atoms with E-state index in [0.29, 0.717) is 15.9 Å². The van der Waals surface area contributed by atoms with Gasteiger partial charge in [-0.05, 0) is 0 Å². The Balaban J connectivity index is 2.46. The first-order valence-corrected chi connectivity index (χ1v) is 5.29. The van der Waals surface area contributed by atoms with E-state index in [1.807, 2.05) is 0 Å². The van der Waals surface area contributed by atoms with Crippen molar-refractivity contribution in [1.82, 2.24) is 9.97 Å². The van der Waals surface area contributed by atoms with Crippen molar-refractivity contribution >= 4 is 29.3 Å². The average molecular weight is 233 g/mol. The minimum absolute atomic E-state index is 0.403. The number of nitrogens with zero attached hydrogens (tertiary/aromatic N) is 2. The van der Waals surface area contributed by atoms with Gasteiger partial charge >= 0.3 is 5.97 Å². The molecule has 0 aliphatic carbocycles. The summed E-state index contributed by atoms with van der Waals surface area (Å²) < 4.78 is 0. The third kappa shape index (κ3) is 3.51. The lowest BCUT2D eigenvalue weighted by Crippen LogP contribution is -2.11. The number of halogens is 1. The van der Waals surface area contributed by atoms with Crippen LogP contribution in [0.2, 0.25) is 5.02 Å². The van der Waals surface area contributed by atoms with Crippen molar-refractivity contribution in [2.24, 2.45) is 5.92 Å². The van der Waals surface area contributed by atoms with E-state index >= 15 is 0 Å². The van der Waals surface area contributed by atoms with Crippen molar-refractivity contribution in [2.45, 2.75) is 12.1 Å². The van der Waals surface area contributed by atoms with Gasteiger partial charge in [-0.25, -0.2) is 9.97 Å². The summed E-state index contributed by atoms with van der Waals surface area (Å²) in [5.41, 5.74) is 0. The Morgan fingerprint density at radius 3 is 2.71 bits per heavy atom. The number of carboxylic acid groups (broad SMARTS) is 1. The van der Waals surface area contributed by atoms with Gasteiger partial charge in [0.25, 0.3) is 0 Å². The first-order valence-electron chi connectivity index (χ1n) is 3.92. The highest BCUT2D eigenvalue weighted by Gasteiger charge is 2.11. The molecule has 0 saturated carbocycles. The molecule has 0 radical (unpaired) electrons. The van der Waals surface area contributed by atoms with Crippen molar-refractivity contribution in [3.63, 3.8) is 0 Å². The second-order valence-corrected chi connectivity index (χ2v) is 4.16. The minimum Gasteiger partial charge on any atom is -0.481 e. The SMILES string of the molecule is CC(CSc1ncc(Cl)cn1)C(=O)O. The predicted molar refractivity (Wildman–Crippen MR) is 54.6 cm³/mol. The van der Waals surface area contributed by atoms with E-state index in [9.17, 15) is 4.79 Å². The third-order valence-corrected chi connectivity index (χ3v) is 2.81. The maximum Gasteiger partial charge on any atom is 0.307 e. The summed E-state index contributed by atoms with van der Waals surface area (Å²) in [4.78, 5) is 18.4. The fraction of sp³-hybridized carbons (Fsp3) is 0.375. The van der Waals surface area contributed by atoms with Crippen LogP contribution < -0.4 is 0 Å². The number of carboxylic acids is 1. The van der Waals surface area contributed by atoms with Crippen LogP contribution in [0, 0.1) is 5.92 Å². The van der Waals surface area contributed by atoms with Gasteiger partial charge in [0.1, 0.15) is 0 Å². The smallest absolute Gasteiger partial charge is 0.307 e. The molecule has 6 heteroatoms. The zero-order valence-electron chi connectivity index (χ0n) is 7.48. The number of hydrogen-bond donors (Lipinski definition) is 1. The van der Waals surface area contributed by atoms with Crippen molar-refractivity contribution in [1.29, 1.82) is 0 Å². The molecule has 0 aliphatic rings. The Hall–Kier alpha value is -0.810. The van der Waals surface area contributed by atoms with Gasteiger partial charge in [-0.3, -0.25) is 4.79 Å². The van der Waals surface area contributed by atoms with Crippen molar-refractivity contribution < 1.29 is 9.90 Å². The largest absolute Gasteiger partial charge is 0.481 e. The number of carbonyl (C=O) groups is 1. The molecular weight excluding hydrogens is 224 g/mol. The molecule has 14 heavy (non-hydrogen) atoms. The highest BCUT2D eigenvalue weighted by atomic mass is 35.5. The van der Waals surface area contributed by atoms with E-state index in [1.54, 1.807) is 6.92 Å². The van der Waals surface area contributed by atoms with Gasteiger partial charge in [0.15, 0.2) is 5.16 Å². The van der Waals surface area contributed by atoms with Gasteiger partial charge in [0.2, 0.25) is 0 Å². The molecule has 1 aromatic heterocycles. The van der Waals surface area contributed by atoms with Gasteiger partial charge in [0.05, 0.1) is 23.3 Å². The van der Waals surface area contributed by atoms with Crippen LogP contribution in [0.1, 0.15) is 6.92 Å². The van der Waals surface area contributed by atoms with Crippen LogP contribution in [0.25, 0.3) is 0 Å². The van der Waals surface area contributed by atoms with Crippen LogP contribution in [0.3, 0.4) is 0 Å². The van der Waals surface area contributed by atoms with Crippen LogP contribution in [0.5, 0.6) is 0 Å². The van der Waals surface area contributed by atoms with E-state index in [-0.39, 0.29) is 0 Å². The van der Waals surface area contributed by atoms with Gasteiger partial charge in [-0.15, -0.1) is 0 Å². The first-order chi connectivity index (χ1) is 6.59. The fourth-order valence-electron chi connectivity index (χ4n) is 0.646. The number of hydrogen-bond acceptors (Lipinski definition) is 4. The molecule has 76 valence electrons. The van der Waals surface area contributed by atoms with Crippen LogP contribution in [-0.2, 0) is 4.79 Å². The minimum atomic E-state index is -0.813. The first kappa shape index (κ1) is 11.3. The molecule has 1 N–H and O–H groups in total. The molecule has 0 saturated heterocycles. The third-order valence-electron chi connectivity index (χ3n) is 1.48. The molecule has 1 unspecified atom stereocenters. The molecule has 0 aliphatic heterocycles. The number of thioether (sulfide) groups is 1. The summed E-state index contributed by atoms with van der Waals surface area (Å²) in [6, 6.07) is 0.